The highest BCUT2D eigenvalue weighted by molar-refractivity contribution is 7.93. The second kappa shape index (κ2) is 11.2. The largest absolute Gasteiger partial charge is 0.382 e. The summed E-state index contributed by atoms with van der Waals surface area (Å²) in [7, 11) is 2.17. The van der Waals surface area contributed by atoms with Crippen molar-refractivity contribution in [3.8, 4) is 11.5 Å². The van der Waals surface area contributed by atoms with E-state index in [2.05, 4.69) is 30.0 Å². The highest BCUT2D eigenvalue weighted by Gasteiger charge is 2.35. The lowest BCUT2D eigenvalue weighted by Crippen LogP contribution is -2.34. The first-order chi connectivity index (χ1) is 16.2. The molecule has 0 radical (unpaired) electrons. The number of hydrogen-bond acceptors (Lipinski definition) is 10. The third-order valence-electron chi connectivity index (χ3n) is 5.02. The van der Waals surface area contributed by atoms with Crippen LogP contribution in [0.1, 0.15) is 24.9 Å². The third-order valence-corrected chi connectivity index (χ3v) is 6.91. The topological polar surface area (TPSA) is 148 Å². The molecule has 3 rings (SSSR count). The number of halogens is 1. The van der Waals surface area contributed by atoms with Gasteiger partial charge in [-0.15, -0.1) is 10.2 Å². The van der Waals surface area contributed by atoms with Gasteiger partial charge in [0.25, 0.3) is 0 Å². The van der Waals surface area contributed by atoms with Crippen molar-refractivity contribution in [2.45, 2.75) is 24.3 Å². The Morgan fingerprint density at radius 3 is 2.29 bits per heavy atom. The van der Waals surface area contributed by atoms with Crippen molar-refractivity contribution < 1.29 is 22.6 Å². The van der Waals surface area contributed by atoms with Gasteiger partial charge in [0.1, 0.15) is 17.0 Å². The van der Waals surface area contributed by atoms with Crippen molar-refractivity contribution in [1.82, 2.24) is 34.5 Å². The van der Waals surface area contributed by atoms with Crippen molar-refractivity contribution in [2.75, 3.05) is 39.3 Å². The van der Waals surface area contributed by atoms with E-state index in [0.29, 0.717) is 16.5 Å². The molecule has 0 amide bonds. The second-order valence-electron chi connectivity index (χ2n) is 7.42. The van der Waals surface area contributed by atoms with E-state index in [9.17, 15) is 8.42 Å². The molecular weight excluding hydrogens is 488 g/mol. The predicted octanol–water partition coefficient (Wildman–Crippen LogP) is 1.47. The minimum absolute atomic E-state index is 0.0153. The molecule has 0 fully saturated rings. The molecule has 34 heavy (non-hydrogen) atoms. The SMILES string of the molecule is COCC(COC)n1c(NS(=O)(=O)[C@@H](C)[C@H](OC)c2ncc(Cl)cn2)nnc1-c1ccn(C)n1. The van der Waals surface area contributed by atoms with E-state index in [1.165, 1.54) is 40.6 Å². The van der Waals surface area contributed by atoms with Crippen molar-refractivity contribution >= 4 is 27.6 Å². The number of aryl methyl sites for hydroxylation is 1. The van der Waals surface area contributed by atoms with Crippen molar-refractivity contribution in [1.29, 1.82) is 0 Å². The zero-order chi connectivity index (χ0) is 24.9. The summed E-state index contributed by atoms with van der Waals surface area (Å²) in [4.78, 5) is 8.19. The van der Waals surface area contributed by atoms with Gasteiger partial charge in [-0.2, -0.15) is 5.10 Å². The summed E-state index contributed by atoms with van der Waals surface area (Å²) in [6.07, 6.45) is 3.53. The molecule has 3 aromatic heterocycles. The van der Waals surface area contributed by atoms with Gasteiger partial charge in [-0.1, -0.05) is 11.6 Å². The molecule has 15 heteroatoms. The van der Waals surface area contributed by atoms with Gasteiger partial charge in [-0.3, -0.25) is 14.0 Å². The Morgan fingerprint density at radius 1 is 1.12 bits per heavy atom. The number of sulfonamides is 1. The first-order valence-corrected chi connectivity index (χ1v) is 12.1. The average Bonchev–Trinajstić information content (AvgIpc) is 3.41. The van der Waals surface area contributed by atoms with E-state index >= 15 is 0 Å². The Balaban J connectivity index is 1.99. The van der Waals surface area contributed by atoms with Crippen LogP contribution < -0.4 is 4.72 Å². The number of methoxy groups -OCH3 is 3. The standard InChI is InChI=1S/C19H27ClN8O5S/c1-12(16(33-5)17-21-8-13(20)9-22-17)34(29,30)26-19-24-23-18(15-6-7-27(2)25-15)28(19)14(10-31-3)11-32-4/h6-9,12,14,16H,10-11H2,1-5H3,(H,24,26)/t12-,16-/m0/s1. The van der Waals surface area contributed by atoms with Crippen LogP contribution >= 0.6 is 11.6 Å². The molecular formula is C19H27ClN8O5S. The summed E-state index contributed by atoms with van der Waals surface area (Å²) in [6.45, 7) is 1.92. The third kappa shape index (κ3) is 5.70. The van der Waals surface area contributed by atoms with Crippen LogP contribution in [0, 0.1) is 0 Å². The fourth-order valence-corrected chi connectivity index (χ4v) is 4.59. The van der Waals surface area contributed by atoms with Gasteiger partial charge in [-0.25, -0.2) is 18.4 Å². The van der Waals surface area contributed by atoms with Gasteiger partial charge in [-0.05, 0) is 13.0 Å². The molecule has 3 aromatic rings. The summed E-state index contributed by atoms with van der Waals surface area (Å²) < 4.78 is 48.5. The van der Waals surface area contributed by atoms with E-state index < -0.39 is 27.4 Å². The Labute approximate surface area is 202 Å². The van der Waals surface area contributed by atoms with Crippen LogP contribution in [0.3, 0.4) is 0 Å². The van der Waals surface area contributed by atoms with Crippen LogP contribution in [0.25, 0.3) is 11.5 Å². The highest BCUT2D eigenvalue weighted by Crippen LogP contribution is 2.28. The van der Waals surface area contributed by atoms with Gasteiger partial charge >= 0.3 is 0 Å². The number of rotatable bonds is 12. The smallest absolute Gasteiger partial charge is 0.240 e. The molecule has 0 aliphatic heterocycles. The first-order valence-electron chi connectivity index (χ1n) is 10.2. The molecule has 13 nitrogen and oxygen atoms in total. The summed E-state index contributed by atoms with van der Waals surface area (Å²) in [5, 5.41) is 11.9. The zero-order valence-corrected chi connectivity index (χ0v) is 21.0. The lowest BCUT2D eigenvalue weighted by Gasteiger charge is -2.24. The van der Waals surface area contributed by atoms with Crippen LogP contribution in [0.15, 0.2) is 24.7 Å². The van der Waals surface area contributed by atoms with Gasteiger partial charge in [0.2, 0.25) is 16.0 Å². The van der Waals surface area contributed by atoms with E-state index in [4.69, 9.17) is 25.8 Å². The van der Waals surface area contributed by atoms with E-state index in [-0.39, 0.29) is 25.0 Å². The van der Waals surface area contributed by atoms with Crippen LogP contribution in [-0.2, 0) is 31.3 Å². The summed E-state index contributed by atoms with van der Waals surface area (Å²) in [5.41, 5.74) is 0.509. The van der Waals surface area contributed by atoms with Gasteiger partial charge < -0.3 is 14.2 Å². The molecule has 0 aliphatic carbocycles. The maximum absolute atomic E-state index is 13.3. The average molecular weight is 515 g/mol. The lowest BCUT2D eigenvalue weighted by molar-refractivity contribution is 0.0907. The molecule has 0 saturated carbocycles. The number of ether oxygens (including phenoxy) is 3. The van der Waals surface area contributed by atoms with Crippen molar-refractivity contribution in [3.05, 3.63) is 35.5 Å². The summed E-state index contributed by atoms with van der Waals surface area (Å²) in [6, 6.07) is 1.31. The van der Waals surface area contributed by atoms with Crippen molar-refractivity contribution in [2.24, 2.45) is 7.05 Å². The summed E-state index contributed by atoms with van der Waals surface area (Å²) >= 11 is 5.85. The zero-order valence-electron chi connectivity index (χ0n) is 19.4. The highest BCUT2D eigenvalue weighted by atomic mass is 35.5. The van der Waals surface area contributed by atoms with Crippen LogP contribution in [-0.4, -0.2) is 82.7 Å². The number of nitrogens with zero attached hydrogens (tertiary/aromatic N) is 7. The summed E-state index contributed by atoms with van der Waals surface area (Å²) in [5.74, 6) is 0.518. The fourth-order valence-electron chi connectivity index (χ4n) is 3.36. The molecule has 0 aliphatic rings. The maximum atomic E-state index is 13.3. The molecule has 2 atom stereocenters. The number of hydrogen-bond donors (Lipinski definition) is 1. The van der Waals surface area contributed by atoms with Gasteiger partial charge in [0, 0.05) is 47.0 Å². The monoisotopic (exact) mass is 514 g/mol. The Morgan fingerprint density at radius 2 is 1.76 bits per heavy atom. The Hall–Kier alpha value is -2.65. The normalized spacial score (nSPS) is 13.9. The number of anilines is 1. The predicted molar refractivity (Wildman–Crippen MR) is 124 cm³/mol. The van der Waals surface area contributed by atoms with Crippen LogP contribution in [0.2, 0.25) is 5.02 Å². The maximum Gasteiger partial charge on any atom is 0.240 e. The van der Waals surface area contributed by atoms with Gasteiger partial charge in [0.15, 0.2) is 11.6 Å². The molecule has 0 unspecified atom stereocenters. The molecule has 0 bridgehead atoms. The van der Waals surface area contributed by atoms with Crippen LogP contribution in [0.4, 0.5) is 5.95 Å². The quantitative estimate of drug-likeness (QED) is 0.376. The van der Waals surface area contributed by atoms with Crippen LogP contribution in [0.5, 0.6) is 0 Å². The Kier molecular flexibility index (Phi) is 8.54. The van der Waals surface area contributed by atoms with Crippen molar-refractivity contribution in [3.63, 3.8) is 0 Å². The minimum atomic E-state index is -4.05. The second-order valence-corrected chi connectivity index (χ2v) is 9.90. The molecule has 0 saturated heterocycles. The fraction of sp³-hybridized carbons (Fsp3) is 0.526. The lowest BCUT2D eigenvalue weighted by atomic mass is 10.2. The van der Waals surface area contributed by atoms with E-state index in [1.54, 1.807) is 28.6 Å². The molecule has 186 valence electrons. The number of aromatic nitrogens is 7. The van der Waals surface area contributed by atoms with Gasteiger partial charge in [0.05, 0.1) is 24.3 Å². The molecule has 0 aromatic carbocycles. The molecule has 0 spiro atoms. The number of nitrogens with one attached hydrogen (secondary N) is 1. The van der Waals surface area contributed by atoms with E-state index in [1.807, 2.05) is 0 Å². The first kappa shape index (κ1) is 26.0. The Bertz CT molecular complexity index is 1180. The minimum Gasteiger partial charge on any atom is -0.382 e. The molecule has 1 N–H and O–H groups in total. The van der Waals surface area contributed by atoms with E-state index in [0.717, 1.165) is 0 Å². The molecule has 3 heterocycles.